The summed E-state index contributed by atoms with van der Waals surface area (Å²) in [6.07, 6.45) is 1.51. The molecule has 0 unspecified atom stereocenters. The Morgan fingerprint density at radius 3 is 2.87 bits per heavy atom. The molecule has 1 heterocycles. The zero-order valence-corrected chi connectivity index (χ0v) is 14.8. The number of hydrogen-bond acceptors (Lipinski definition) is 6. The standard InChI is InChI=1S/C15H13BrN4O2S/c1-8-10(6-17)14(18)23-13(8)15(21)20-19-7-9-3-4-12(22-2)11(16)5-9/h3-5,7H,18H2,1-2H3,(H,20,21). The lowest BCUT2D eigenvalue weighted by Gasteiger charge is -2.03. The third-order valence-electron chi connectivity index (χ3n) is 3.05. The lowest BCUT2D eigenvalue weighted by atomic mass is 10.2. The first-order valence-corrected chi connectivity index (χ1v) is 8.04. The van der Waals surface area contributed by atoms with Crippen molar-refractivity contribution < 1.29 is 9.53 Å². The highest BCUT2D eigenvalue weighted by Crippen LogP contribution is 2.29. The topological polar surface area (TPSA) is 100 Å². The number of hydrogen-bond donors (Lipinski definition) is 2. The number of anilines is 1. The molecule has 1 amide bonds. The highest BCUT2D eigenvalue weighted by molar-refractivity contribution is 9.10. The number of nitrogens with two attached hydrogens (primary N) is 1. The summed E-state index contributed by atoms with van der Waals surface area (Å²) in [5.41, 5.74) is 9.84. The van der Waals surface area contributed by atoms with Crippen molar-refractivity contribution in [2.75, 3.05) is 12.8 Å². The van der Waals surface area contributed by atoms with Gasteiger partial charge >= 0.3 is 0 Å². The van der Waals surface area contributed by atoms with Crippen LogP contribution in [0.15, 0.2) is 27.8 Å². The second kappa shape index (κ2) is 7.26. The molecule has 0 spiro atoms. The second-order valence-electron chi connectivity index (χ2n) is 4.50. The van der Waals surface area contributed by atoms with Gasteiger partial charge in [-0.2, -0.15) is 10.4 Å². The fraction of sp³-hybridized carbons (Fsp3) is 0.133. The van der Waals surface area contributed by atoms with Crippen molar-refractivity contribution in [2.24, 2.45) is 5.10 Å². The molecular formula is C15H13BrN4O2S. The molecule has 3 N–H and O–H groups in total. The van der Waals surface area contributed by atoms with Crippen LogP contribution in [0.25, 0.3) is 0 Å². The third-order valence-corrected chi connectivity index (χ3v) is 4.79. The average molecular weight is 393 g/mol. The average Bonchev–Trinajstić information content (AvgIpc) is 2.81. The number of carbonyl (C=O) groups is 1. The van der Waals surface area contributed by atoms with E-state index in [9.17, 15) is 4.79 Å². The summed E-state index contributed by atoms with van der Waals surface area (Å²) in [6.45, 7) is 1.69. The number of rotatable bonds is 4. The Morgan fingerprint density at radius 2 is 2.30 bits per heavy atom. The number of halogens is 1. The number of methoxy groups -OCH3 is 1. The molecular weight excluding hydrogens is 380 g/mol. The minimum atomic E-state index is -0.399. The highest BCUT2D eigenvalue weighted by Gasteiger charge is 2.18. The molecule has 23 heavy (non-hydrogen) atoms. The number of hydrazone groups is 1. The predicted octanol–water partition coefficient (Wildman–Crippen LogP) is 3.05. The minimum absolute atomic E-state index is 0.332. The largest absolute Gasteiger partial charge is 0.496 e. The van der Waals surface area contributed by atoms with Crippen molar-refractivity contribution in [1.29, 1.82) is 5.26 Å². The van der Waals surface area contributed by atoms with E-state index < -0.39 is 5.91 Å². The Labute approximate surface area is 145 Å². The van der Waals surface area contributed by atoms with Crippen LogP contribution in [0.3, 0.4) is 0 Å². The van der Waals surface area contributed by atoms with Crippen LogP contribution in [0.2, 0.25) is 0 Å². The molecule has 0 atom stereocenters. The Bertz CT molecular complexity index is 824. The van der Waals surface area contributed by atoms with Crippen LogP contribution in [0.4, 0.5) is 5.00 Å². The highest BCUT2D eigenvalue weighted by atomic mass is 79.9. The fourth-order valence-corrected chi connectivity index (χ4v) is 3.34. The number of amides is 1. The predicted molar refractivity (Wildman–Crippen MR) is 93.9 cm³/mol. The summed E-state index contributed by atoms with van der Waals surface area (Å²) in [7, 11) is 1.58. The van der Waals surface area contributed by atoms with Crippen LogP contribution >= 0.6 is 27.3 Å². The summed E-state index contributed by atoms with van der Waals surface area (Å²) < 4.78 is 5.93. The van der Waals surface area contributed by atoms with Crippen molar-refractivity contribution in [3.05, 3.63) is 44.2 Å². The Balaban J connectivity index is 2.10. The molecule has 1 aromatic heterocycles. The van der Waals surface area contributed by atoms with Crippen LogP contribution in [0, 0.1) is 18.3 Å². The molecule has 2 rings (SSSR count). The van der Waals surface area contributed by atoms with E-state index in [1.54, 1.807) is 26.2 Å². The first-order valence-electron chi connectivity index (χ1n) is 6.43. The third kappa shape index (κ3) is 3.70. The zero-order valence-electron chi connectivity index (χ0n) is 12.4. The van der Waals surface area contributed by atoms with Crippen molar-refractivity contribution in [3.8, 4) is 11.8 Å². The smallest absolute Gasteiger partial charge is 0.281 e. The van der Waals surface area contributed by atoms with Crippen LogP contribution < -0.4 is 15.9 Å². The van der Waals surface area contributed by atoms with E-state index in [0.717, 1.165) is 21.4 Å². The van der Waals surface area contributed by atoms with E-state index in [1.165, 1.54) is 6.21 Å². The van der Waals surface area contributed by atoms with Gasteiger partial charge < -0.3 is 10.5 Å². The molecule has 0 aliphatic rings. The van der Waals surface area contributed by atoms with Crippen LogP contribution in [0.5, 0.6) is 5.75 Å². The van der Waals surface area contributed by atoms with Gasteiger partial charge in [-0.1, -0.05) is 0 Å². The number of carbonyl (C=O) groups excluding carboxylic acids is 1. The summed E-state index contributed by atoms with van der Waals surface area (Å²) in [6, 6.07) is 7.40. The van der Waals surface area contributed by atoms with Crippen molar-refractivity contribution in [2.45, 2.75) is 6.92 Å². The van der Waals surface area contributed by atoms with E-state index in [4.69, 9.17) is 15.7 Å². The number of benzene rings is 1. The first-order chi connectivity index (χ1) is 11.0. The summed E-state index contributed by atoms with van der Waals surface area (Å²) in [5, 5.41) is 13.2. The first kappa shape index (κ1) is 17.0. The van der Waals surface area contributed by atoms with Gasteiger partial charge in [-0.15, -0.1) is 11.3 Å². The van der Waals surface area contributed by atoms with Gasteiger partial charge in [0.25, 0.3) is 5.91 Å². The SMILES string of the molecule is COc1ccc(C=NNC(=O)c2sc(N)c(C#N)c2C)cc1Br. The van der Waals surface area contributed by atoms with E-state index >= 15 is 0 Å². The van der Waals surface area contributed by atoms with Gasteiger partial charge in [-0.25, -0.2) is 5.43 Å². The number of thiophene rings is 1. The monoisotopic (exact) mass is 392 g/mol. The lowest BCUT2D eigenvalue weighted by Crippen LogP contribution is -2.17. The molecule has 0 aliphatic carbocycles. The normalized spacial score (nSPS) is 10.5. The maximum absolute atomic E-state index is 12.1. The molecule has 2 aromatic rings. The van der Waals surface area contributed by atoms with Crippen molar-refractivity contribution >= 4 is 44.4 Å². The number of ether oxygens (including phenoxy) is 1. The van der Waals surface area contributed by atoms with E-state index in [0.29, 0.717) is 26.8 Å². The van der Waals surface area contributed by atoms with Crippen molar-refractivity contribution in [3.63, 3.8) is 0 Å². The quantitative estimate of drug-likeness (QED) is 0.616. The second-order valence-corrected chi connectivity index (χ2v) is 6.41. The summed E-state index contributed by atoms with van der Waals surface area (Å²) in [4.78, 5) is 12.5. The molecule has 118 valence electrons. The number of nitrogen functional groups attached to an aromatic ring is 1. The lowest BCUT2D eigenvalue weighted by molar-refractivity contribution is 0.0958. The number of nitriles is 1. The maximum atomic E-state index is 12.1. The Morgan fingerprint density at radius 1 is 1.57 bits per heavy atom. The van der Waals surface area contributed by atoms with E-state index in [1.807, 2.05) is 12.1 Å². The van der Waals surface area contributed by atoms with Gasteiger partial charge in [0.1, 0.15) is 21.7 Å². The fourth-order valence-electron chi connectivity index (χ4n) is 1.87. The molecule has 0 saturated carbocycles. The minimum Gasteiger partial charge on any atom is -0.496 e. The summed E-state index contributed by atoms with van der Waals surface area (Å²) >= 11 is 4.45. The van der Waals surface area contributed by atoms with Crippen LogP contribution in [-0.2, 0) is 0 Å². The van der Waals surface area contributed by atoms with Gasteiger partial charge in [0, 0.05) is 0 Å². The molecule has 8 heteroatoms. The Kier molecular flexibility index (Phi) is 5.36. The maximum Gasteiger partial charge on any atom is 0.281 e. The molecule has 0 fully saturated rings. The van der Waals surface area contributed by atoms with Gasteiger partial charge in [0.2, 0.25) is 0 Å². The van der Waals surface area contributed by atoms with Crippen LogP contribution in [0.1, 0.15) is 26.4 Å². The molecule has 1 aromatic carbocycles. The van der Waals surface area contributed by atoms with Gasteiger partial charge in [0.05, 0.1) is 23.4 Å². The summed E-state index contributed by atoms with van der Waals surface area (Å²) in [5.74, 6) is 0.310. The molecule has 6 nitrogen and oxygen atoms in total. The van der Waals surface area contributed by atoms with Crippen LogP contribution in [-0.4, -0.2) is 19.2 Å². The Hall–Kier alpha value is -2.37. The molecule has 0 radical (unpaired) electrons. The van der Waals surface area contributed by atoms with Gasteiger partial charge in [-0.3, -0.25) is 4.79 Å². The van der Waals surface area contributed by atoms with E-state index in [2.05, 4.69) is 26.5 Å². The number of nitrogens with one attached hydrogen (secondary N) is 1. The zero-order chi connectivity index (χ0) is 17.0. The molecule has 0 bridgehead atoms. The number of nitrogens with zero attached hydrogens (tertiary/aromatic N) is 2. The van der Waals surface area contributed by atoms with Gasteiger partial charge in [-0.05, 0) is 52.2 Å². The van der Waals surface area contributed by atoms with Gasteiger partial charge in [0.15, 0.2) is 0 Å². The molecule has 0 aliphatic heterocycles. The van der Waals surface area contributed by atoms with Crippen molar-refractivity contribution in [1.82, 2.24) is 5.43 Å². The van der Waals surface area contributed by atoms with E-state index in [-0.39, 0.29) is 0 Å². The molecule has 0 saturated heterocycles.